The van der Waals surface area contributed by atoms with Gasteiger partial charge in [0.25, 0.3) is 0 Å². The fraction of sp³-hybridized carbons (Fsp3) is 0.636. The van der Waals surface area contributed by atoms with Gasteiger partial charge in [-0.05, 0) is 51.3 Å². The largest absolute Gasteiger partial charge is 0.490 e. The number of halogens is 1. The first-order valence-corrected chi connectivity index (χ1v) is 10.7. The van der Waals surface area contributed by atoms with Crippen molar-refractivity contribution in [2.75, 3.05) is 60.2 Å². The molecule has 0 fully saturated rings. The number of nitrogens with zero attached hydrogens (tertiary/aromatic N) is 2. The van der Waals surface area contributed by atoms with E-state index in [2.05, 4.69) is 15.6 Å². The molecule has 0 atom stereocenters. The molecule has 0 radical (unpaired) electrons. The normalized spacial score (nSPS) is 10.8. The van der Waals surface area contributed by atoms with E-state index in [1.54, 1.807) is 14.1 Å². The molecule has 0 heterocycles. The lowest BCUT2D eigenvalue weighted by Crippen LogP contribution is -2.40. The fourth-order valence-corrected chi connectivity index (χ4v) is 2.56. The maximum Gasteiger partial charge on any atom is 0.243 e. The zero-order valence-electron chi connectivity index (χ0n) is 19.5. The number of ether oxygens (including phenoxy) is 3. The third kappa shape index (κ3) is 12.6. The molecule has 1 rings (SSSR count). The fourth-order valence-electron chi connectivity index (χ4n) is 2.56. The summed E-state index contributed by atoms with van der Waals surface area (Å²) in [5.41, 5.74) is 1.13. The van der Waals surface area contributed by atoms with Crippen molar-refractivity contribution >= 4 is 35.8 Å². The van der Waals surface area contributed by atoms with Crippen LogP contribution in [0.4, 0.5) is 0 Å². The van der Waals surface area contributed by atoms with Crippen molar-refractivity contribution < 1.29 is 19.0 Å². The summed E-state index contributed by atoms with van der Waals surface area (Å²) in [5.74, 6) is 2.10. The van der Waals surface area contributed by atoms with Gasteiger partial charge in [-0.2, -0.15) is 0 Å². The number of carbonyl (C=O) groups excluding carboxylic acids is 1. The van der Waals surface area contributed by atoms with Crippen LogP contribution >= 0.6 is 24.0 Å². The molecule has 178 valence electrons. The zero-order valence-corrected chi connectivity index (χ0v) is 21.9. The Bertz CT molecular complexity index is 656. The number of hydrogen-bond donors (Lipinski definition) is 2. The van der Waals surface area contributed by atoms with E-state index in [0.29, 0.717) is 38.9 Å². The topological polar surface area (TPSA) is 84.4 Å². The number of aliphatic imine (C=N–C) groups is 1. The second-order valence-corrected chi connectivity index (χ2v) is 6.75. The molecule has 31 heavy (non-hydrogen) atoms. The number of hydrogen-bond acceptors (Lipinski definition) is 5. The highest BCUT2D eigenvalue weighted by molar-refractivity contribution is 14.0. The average Bonchev–Trinajstić information content (AvgIpc) is 2.73. The van der Waals surface area contributed by atoms with Gasteiger partial charge in [0.05, 0.1) is 13.2 Å². The van der Waals surface area contributed by atoms with Crippen LogP contribution in [0.25, 0.3) is 0 Å². The van der Waals surface area contributed by atoms with Crippen molar-refractivity contribution in [3.8, 4) is 11.5 Å². The van der Waals surface area contributed by atoms with Gasteiger partial charge >= 0.3 is 0 Å². The van der Waals surface area contributed by atoms with Gasteiger partial charge in [-0.25, -0.2) is 4.99 Å². The number of amides is 1. The monoisotopic (exact) mass is 550 g/mol. The average molecular weight is 550 g/mol. The predicted octanol–water partition coefficient (Wildman–Crippen LogP) is 2.69. The van der Waals surface area contributed by atoms with E-state index in [4.69, 9.17) is 14.2 Å². The van der Waals surface area contributed by atoms with E-state index in [1.165, 1.54) is 4.90 Å². The number of rotatable bonds is 14. The van der Waals surface area contributed by atoms with Gasteiger partial charge in [-0.15, -0.1) is 24.0 Å². The van der Waals surface area contributed by atoms with Crippen LogP contribution in [0, 0.1) is 0 Å². The summed E-state index contributed by atoms with van der Waals surface area (Å²) in [7, 11) is 3.45. The molecule has 1 aromatic rings. The SMILES string of the molecule is CCOCCCNC(=NCC(=O)N(C)C)NCCc1ccc(OCC)c(OCC)c1.I. The number of carbonyl (C=O) groups is 1. The maximum absolute atomic E-state index is 11.9. The van der Waals surface area contributed by atoms with Crippen molar-refractivity contribution in [1.82, 2.24) is 15.5 Å². The standard InChI is InChI=1S/C22H38N4O4.HI/c1-6-28-15-9-13-23-22(25-17-21(27)26(4)5)24-14-12-18-10-11-19(29-7-2)20(16-18)30-8-3;/h10-11,16H,6-9,12-15,17H2,1-5H3,(H2,23,24,25);1H. The van der Waals surface area contributed by atoms with Gasteiger partial charge in [-0.1, -0.05) is 6.07 Å². The molecular weight excluding hydrogens is 511 g/mol. The third-order valence-electron chi connectivity index (χ3n) is 4.15. The van der Waals surface area contributed by atoms with E-state index >= 15 is 0 Å². The summed E-state index contributed by atoms with van der Waals surface area (Å²) in [6.07, 6.45) is 1.65. The molecule has 0 spiro atoms. The van der Waals surface area contributed by atoms with Gasteiger partial charge in [0.15, 0.2) is 17.5 Å². The molecule has 8 nitrogen and oxygen atoms in total. The van der Waals surface area contributed by atoms with Crippen LogP contribution in [-0.4, -0.2) is 76.9 Å². The molecular formula is C22H39IN4O4. The van der Waals surface area contributed by atoms with E-state index in [9.17, 15) is 4.79 Å². The highest BCUT2D eigenvalue weighted by atomic mass is 127. The predicted molar refractivity (Wildman–Crippen MR) is 136 cm³/mol. The zero-order chi connectivity index (χ0) is 22.2. The third-order valence-corrected chi connectivity index (χ3v) is 4.15. The molecule has 9 heteroatoms. The number of likely N-dealkylation sites (N-methyl/N-ethyl adjacent to an activating group) is 1. The van der Waals surface area contributed by atoms with Crippen LogP contribution in [0.3, 0.4) is 0 Å². The summed E-state index contributed by atoms with van der Waals surface area (Å²) in [4.78, 5) is 17.8. The van der Waals surface area contributed by atoms with Gasteiger partial charge in [0, 0.05) is 40.4 Å². The van der Waals surface area contributed by atoms with Crippen molar-refractivity contribution in [2.45, 2.75) is 33.6 Å². The molecule has 0 bridgehead atoms. The van der Waals surface area contributed by atoms with Crippen molar-refractivity contribution in [3.05, 3.63) is 23.8 Å². The first-order valence-electron chi connectivity index (χ1n) is 10.7. The van der Waals surface area contributed by atoms with Gasteiger partial charge in [0.1, 0.15) is 6.54 Å². The minimum absolute atomic E-state index is 0. The Balaban J connectivity index is 0.00000900. The summed E-state index contributed by atoms with van der Waals surface area (Å²) in [5, 5.41) is 6.56. The molecule has 0 aliphatic heterocycles. The van der Waals surface area contributed by atoms with E-state index in [0.717, 1.165) is 36.4 Å². The van der Waals surface area contributed by atoms with Crippen LogP contribution in [0.2, 0.25) is 0 Å². The lowest BCUT2D eigenvalue weighted by atomic mass is 10.1. The van der Waals surface area contributed by atoms with Crippen LogP contribution in [-0.2, 0) is 16.0 Å². The van der Waals surface area contributed by atoms with E-state index in [1.807, 2.05) is 39.0 Å². The molecule has 0 aliphatic rings. The molecule has 1 aromatic carbocycles. The molecule has 0 aliphatic carbocycles. The van der Waals surface area contributed by atoms with Crippen molar-refractivity contribution in [3.63, 3.8) is 0 Å². The highest BCUT2D eigenvalue weighted by Crippen LogP contribution is 2.28. The molecule has 0 saturated carbocycles. The summed E-state index contributed by atoms with van der Waals surface area (Å²) < 4.78 is 16.7. The Hall–Kier alpha value is -1.75. The lowest BCUT2D eigenvalue weighted by molar-refractivity contribution is -0.127. The molecule has 0 aromatic heterocycles. The Kier molecular flexibility index (Phi) is 16.9. The first-order chi connectivity index (χ1) is 14.5. The molecule has 2 N–H and O–H groups in total. The van der Waals surface area contributed by atoms with E-state index < -0.39 is 0 Å². The second kappa shape index (κ2) is 17.9. The Morgan fingerprint density at radius 3 is 2.32 bits per heavy atom. The summed E-state index contributed by atoms with van der Waals surface area (Å²) in [6.45, 7) is 9.98. The summed E-state index contributed by atoms with van der Waals surface area (Å²) in [6, 6.07) is 6.00. The summed E-state index contributed by atoms with van der Waals surface area (Å²) >= 11 is 0. The van der Waals surface area contributed by atoms with E-state index in [-0.39, 0.29) is 36.4 Å². The minimum atomic E-state index is -0.0433. The van der Waals surface area contributed by atoms with Crippen LogP contribution in [0.1, 0.15) is 32.8 Å². The van der Waals surface area contributed by atoms with Gasteiger partial charge in [-0.3, -0.25) is 4.79 Å². The Labute approximate surface area is 204 Å². The highest BCUT2D eigenvalue weighted by Gasteiger charge is 2.07. The smallest absolute Gasteiger partial charge is 0.243 e. The van der Waals surface area contributed by atoms with Gasteiger partial charge in [0.2, 0.25) is 5.91 Å². The number of guanidine groups is 1. The number of nitrogens with one attached hydrogen (secondary N) is 2. The molecule has 0 unspecified atom stereocenters. The second-order valence-electron chi connectivity index (χ2n) is 6.75. The number of benzene rings is 1. The van der Waals surface area contributed by atoms with Crippen LogP contribution < -0.4 is 20.1 Å². The quantitative estimate of drug-likeness (QED) is 0.161. The van der Waals surface area contributed by atoms with Gasteiger partial charge < -0.3 is 29.7 Å². The Morgan fingerprint density at radius 2 is 1.68 bits per heavy atom. The molecule has 0 saturated heterocycles. The van der Waals surface area contributed by atoms with Crippen LogP contribution in [0.5, 0.6) is 11.5 Å². The van der Waals surface area contributed by atoms with Crippen LogP contribution in [0.15, 0.2) is 23.2 Å². The minimum Gasteiger partial charge on any atom is -0.490 e. The first kappa shape index (κ1) is 29.2. The Morgan fingerprint density at radius 1 is 1.00 bits per heavy atom. The molecule has 1 amide bonds. The lowest BCUT2D eigenvalue weighted by Gasteiger charge is -2.15. The van der Waals surface area contributed by atoms with Crippen molar-refractivity contribution in [1.29, 1.82) is 0 Å². The van der Waals surface area contributed by atoms with Crippen molar-refractivity contribution in [2.24, 2.45) is 4.99 Å². The maximum atomic E-state index is 11.9.